The number of benzene rings is 2. The number of hydrogen-bond donors (Lipinski definition) is 0. The lowest BCUT2D eigenvalue weighted by atomic mass is 9.96. The minimum Gasteiger partial charge on any atom is -0.325 e. The number of fused-ring (bicyclic) bond motifs is 1. The number of halogens is 1. The van der Waals surface area contributed by atoms with E-state index in [0.29, 0.717) is 17.7 Å². The van der Waals surface area contributed by atoms with Crippen molar-refractivity contribution in [3.8, 4) is 0 Å². The second-order valence-electron chi connectivity index (χ2n) is 9.41. The van der Waals surface area contributed by atoms with E-state index in [1.165, 1.54) is 22.7 Å². The molecule has 0 bridgehead atoms. The van der Waals surface area contributed by atoms with E-state index in [1.807, 2.05) is 16.7 Å². The highest BCUT2D eigenvalue weighted by Gasteiger charge is 2.26. The summed E-state index contributed by atoms with van der Waals surface area (Å²) >= 11 is 6.16. The highest BCUT2D eigenvalue weighted by atomic mass is 35.5. The van der Waals surface area contributed by atoms with Crippen LogP contribution in [0.2, 0.25) is 5.02 Å². The second kappa shape index (κ2) is 10.4. The van der Waals surface area contributed by atoms with Crippen LogP contribution in [0.3, 0.4) is 0 Å². The molecule has 1 aliphatic rings. The third kappa shape index (κ3) is 4.76. The van der Waals surface area contributed by atoms with Gasteiger partial charge in [-0.2, -0.15) is 0 Å². The molecule has 0 amide bonds. The van der Waals surface area contributed by atoms with Crippen LogP contribution >= 0.6 is 11.6 Å². The average molecular weight is 507 g/mol. The normalized spacial score (nSPS) is 16.0. The van der Waals surface area contributed by atoms with Gasteiger partial charge in [0.05, 0.1) is 12.4 Å². The van der Waals surface area contributed by atoms with Gasteiger partial charge in [0.2, 0.25) is 0 Å². The van der Waals surface area contributed by atoms with E-state index in [2.05, 4.69) is 57.2 Å². The van der Waals surface area contributed by atoms with Crippen molar-refractivity contribution in [2.45, 2.75) is 19.0 Å². The van der Waals surface area contributed by atoms with Crippen LogP contribution in [0.25, 0.3) is 11.2 Å². The third-order valence-electron chi connectivity index (χ3n) is 7.16. The summed E-state index contributed by atoms with van der Waals surface area (Å²) in [6.07, 6.45) is 2.57. The molecule has 2 aromatic carbocycles. The second-order valence-corrected chi connectivity index (χ2v) is 9.85. The molecule has 1 fully saturated rings. The zero-order chi connectivity index (χ0) is 25.2. The number of nitrogens with zero attached hydrogens (tertiary/aromatic N) is 6. The Hall–Kier alpha value is -3.20. The van der Waals surface area contributed by atoms with Crippen molar-refractivity contribution >= 4 is 22.8 Å². The molecule has 1 unspecified atom stereocenters. The van der Waals surface area contributed by atoms with Gasteiger partial charge in [-0.25, -0.2) is 9.78 Å². The maximum atomic E-state index is 12.7. The van der Waals surface area contributed by atoms with Crippen LogP contribution < -0.4 is 11.2 Å². The third-order valence-corrected chi connectivity index (χ3v) is 7.42. The lowest BCUT2D eigenvalue weighted by Gasteiger charge is -2.40. The van der Waals surface area contributed by atoms with Crippen LogP contribution in [-0.4, -0.2) is 61.2 Å². The van der Waals surface area contributed by atoms with Gasteiger partial charge >= 0.3 is 5.69 Å². The average Bonchev–Trinajstić information content (AvgIpc) is 3.33. The summed E-state index contributed by atoms with van der Waals surface area (Å²) < 4.78 is 4.44. The fourth-order valence-electron chi connectivity index (χ4n) is 5.17. The van der Waals surface area contributed by atoms with Crippen molar-refractivity contribution in [3.05, 3.63) is 97.9 Å². The van der Waals surface area contributed by atoms with Gasteiger partial charge in [0.25, 0.3) is 5.56 Å². The van der Waals surface area contributed by atoms with Gasteiger partial charge in [0.1, 0.15) is 0 Å². The van der Waals surface area contributed by atoms with Crippen molar-refractivity contribution in [2.75, 3.05) is 32.7 Å². The highest BCUT2D eigenvalue weighted by molar-refractivity contribution is 6.30. The molecule has 188 valence electrons. The quantitative estimate of drug-likeness (QED) is 0.385. The Morgan fingerprint density at radius 2 is 1.53 bits per heavy atom. The lowest BCUT2D eigenvalue weighted by molar-refractivity contribution is 0.108. The number of hydrogen-bond acceptors (Lipinski definition) is 5. The van der Waals surface area contributed by atoms with Crippen LogP contribution in [0.4, 0.5) is 0 Å². The predicted octanol–water partition coefficient (Wildman–Crippen LogP) is 2.88. The maximum absolute atomic E-state index is 12.7. The largest absolute Gasteiger partial charge is 0.332 e. The summed E-state index contributed by atoms with van der Waals surface area (Å²) in [6, 6.07) is 19.0. The number of aromatic nitrogens is 4. The first-order valence-corrected chi connectivity index (χ1v) is 12.7. The van der Waals surface area contributed by atoms with Crippen molar-refractivity contribution in [1.29, 1.82) is 0 Å². The Morgan fingerprint density at radius 1 is 0.861 bits per heavy atom. The Bertz CT molecular complexity index is 1450. The first kappa shape index (κ1) is 24.5. The first-order chi connectivity index (χ1) is 17.4. The Balaban J connectivity index is 1.23. The molecule has 1 saturated heterocycles. The van der Waals surface area contributed by atoms with Gasteiger partial charge in [-0.05, 0) is 36.2 Å². The summed E-state index contributed by atoms with van der Waals surface area (Å²) in [5.74, 6) is 0. The van der Waals surface area contributed by atoms with Gasteiger partial charge in [-0.1, -0.05) is 54.1 Å². The lowest BCUT2D eigenvalue weighted by Crippen LogP contribution is -2.48. The maximum Gasteiger partial charge on any atom is 0.332 e. The predicted molar refractivity (Wildman–Crippen MR) is 143 cm³/mol. The van der Waals surface area contributed by atoms with E-state index in [-0.39, 0.29) is 17.3 Å². The molecule has 1 atom stereocenters. The van der Waals surface area contributed by atoms with Gasteiger partial charge in [0.15, 0.2) is 11.2 Å². The monoisotopic (exact) mass is 506 g/mol. The zero-order valence-corrected chi connectivity index (χ0v) is 21.4. The summed E-state index contributed by atoms with van der Waals surface area (Å²) in [6.45, 7) is 5.53. The molecule has 4 aromatic rings. The van der Waals surface area contributed by atoms with E-state index < -0.39 is 0 Å². The molecular weight excluding hydrogens is 476 g/mol. The number of aryl methyl sites for hydroxylation is 2. The first-order valence-electron chi connectivity index (χ1n) is 12.3. The number of imidazole rings is 1. The van der Waals surface area contributed by atoms with Crippen molar-refractivity contribution in [2.24, 2.45) is 14.1 Å². The van der Waals surface area contributed by atoms with Crippen LogP contribution in [0.5, 0.6) is 0 Å². The molecule has 0 spiro atoms. The molecule has 0 N–H and O–H groups in total. The molecule has 0 saturated carbocycles. The molecule has 5 rings (SSSR count). The minimum atomic E-state index is -0.358. The van der Waals surface area contributed by atoms with Gasteiger partial charge in [-0.15, -0.1) is 0 Å². The van der Waals surface area contributed by atoms with Crippen molar-refractivity contribution in [1.82, 2.24) is 28.5 Å². The molecule has 1 aliphatic heterocycles. The fraction of sp³-hybridized carbons (Fsp3) is 0.370. The fourth-order valence-corrected chi connectivity index (χ4v) is 5.30. The molecular formula is C27H31ClN6O2. The van der Waals surface area contributed by atoms with E-state index in [9.17, 15) is 9.59 Å². The number of rotatable bonds is 7. The molecule has 3 heterocycles. The molecule has 8 nitrogen and oxygen atoms in total. The van der Waals surface area contributed by atoms with E-state index >= 15 is 0 Å². The summed E-state index contributed by atoms with van der Waals surface area (Å²) in [4.78, 5) is 34.2. The van der Waals surface area contributed by atoms with Gasteiger partial charge in [-0.3, -0.25) is 18.8 Å². The van der Waals surface area contributed by atoms with E-state index in [0.717, 1.165) is 48.7 Å². The molecule has 0 aliphatic carbocycles. The SMILES string of the molecule is Cn1c(=O)c2c(ncn2CCCN2CCN(C(c3ccccc3)c3ccc(Cl)cc3)CC2)n(C)c1=O. The van der Waals surface area contributed by atoms with Crippen LogP contribution in [-0.2, 0) is 20.6 Å². The van der Waals surface area contributed by atoms with Gasteiger partial charge < -0.3 is 9.47 Å². The van der Waals surface area contributed by atoms with Gasteiger partial charge in [0, 0.05) is 51.8 Å². The molecule has 0 radical (unpaired) electrons. The molecule has 36 heavy (non-hydrogen) atoms. The highest BCUT2D eigenvalue weighted by Crippen LogP contribution is 2.30. The smallest absolute Gasteiger partial charge is 0.325 e. The molecule has 2 aromatic heterocycles. The topological polar surface area (TPSA) is 68.3 Å². The standard InChI is InChI=1S/C27H31ClN6O2/c1-30-25-24(26(35)31(2)27(30)36)34(19-29-25)14-6-13-32-15-17-33(18-16-32)23(20-7-4-3-5-8-20)21-9-11-22(28)12-10-21/h3-5,7-12,19,23H,6,13-18H2,1-2H3. The van der Waals surface area contributed by atoms with E-state index in [4.69, 9.17) is 11.6 Å². The van der Waals surface area contributed by atoms with Crippen molar-refractivity contribution in [3.63, 3.8) is 0 Å². The zero-order valence-electron chi connectivity index (χ0n) is 20.7. The molecule has 9 heteroatoms. The minimum absolute atomic E-state index is 0.200. The summed E-state index contributed by atoms with van der Waals surface area (Å²) in [5, 5.41) is 0.751. The van der Waals surface area contributed by atoms with Crippen molar-refractivity contribution < 1.29 is 0 Å². The Kier molecular flexibility index (Phi) is 7.09. The van der Waals surface area contributed by atoms with Crippen LogP contribution in [0.15, 0.2) is 70.5 Å². The summed E-state index contributed by atoms with van der Waals surface area (Å²) in [5.41, 5.74) is 2.80. The Labute approximate surface area is 215 Å². The summed E-state index contributed by atoms with van der Waals surface area (Å²) in [7, 11) is 3.15. The Morgan fingerprint density at radius 3 is 2.22 bits per heavy atom. The van der Waals surface area contributed by atoms with Crippen LogP contribution in [0, 0.1) is 0 Å². The number of piperazine rings is 1. The van der Waals surface area contributed by atoms with Crippen LogP contribution in [0.1, 0.15) is 23.6 Å². The van der Waals surface area contributed by atoms with E-state index in [1.54, 1.807) is 13.4 Å².